The first-order chi connectivity index (χ1) is 41.7. The molecular weight excluding hydrogens is 1170 g/mol. The Balaban J connectivity index is 0.00000768. The van der Waals surface area contributed by atoms with Crippen molar-refractivity contribution in [1.82, 2.24) is 55.6 Å². The fourth-order valence-electron chi connectivity index (χ4n) is 10.9. The maximum Gasteiger partial charge on any atom is 0.246 e. The summed E-state index contributed by atoms with van der Waals surface area (Å²) in [6.45, 7) is 29.3. The zero-order chi connectivity index (χ0) is 69.5. The summed E-state index contributed by atoms with van der Waals surface area (Å²) < 4.78 is 0. The van der Waals surface area contributed by atoms with Gasteiger partial charge in [0.15, 0.2) is 0 Å². The third kappa shape index (κ3) is 24.0. The van der Waals surface area contributed by atoms with Crippen LogP contribution in [0.5, 0.6) is 0 Å². The van der Waals surface area contributed by atoms with E-state index in [1.54, 1.807) is 65.9 Å². The van der Waals surface area contributed by atoms with E-state index in [0.717, 1.165) is 9.80 Å². The van der Waals surface area contributed by atoms with Gasteiger partial charge in [-0.15, -0.1) is 0 Å². The molecule has 2 heterocycles. The van der Waals surface area contributed by atoms with Crippen LogP contribution in [0.3, 0.4) is 0 Å². The van der Waals surface area contributed by atoms with E-state index in [2.05, 4.69) is 21.3 Å². The molecule has 0 spiro atoms. The molecule has 0 unspecified atom stereocenters. The Hall–Kier alpha value is -6.43. The number of amides is 11. The average molecular weight is 1290 g/mol. The van der Waals surface area contributed by atoms with Gasteiger partial charge in [-0.2, -0.15) is 11.3 Å². The molecule has 1 saturated heterocycles. The normalized spacial score (nSPS) is 25.9. The van der Waals surface area contributed by atoms with Crippen LogP contribution in [0.15, 0.2) is 35.0 Å². The number of thiophene rings is 1. The fourth-order valence-corrected chi connectivity index (χ4v) is 11.4. The Morgan fingerprint density at radius 2 is 0.911 bits per heavy atom. The van der Waals surface area contributed by atoms with Gasteiger partial charge in [-0.25, -0.2) is 0 Å². The van der Waals surface area contributed by atoms with Crippen molar-refractivity contribution in [2.45, 2.75) is 223 Å². The molecule has 11 amide bonds. The summed E-state index contributed by atoms with van der Waals surface area (Å²) in [5.74, 6) is -9.71. The van der Waals surface area contributed by atoms with Crippen molar-refractivity contribution in [3.63, 3.8) is 0 Å². The SMILES string of the molecule is C/C=C/C[C@@H](C)[C@@H](O)[C@H]1C(=O)N[C@@H](CC)C(=O)N(C)CC(=O)N(C)[C@@H](CC(C)C)C(=O)N[C@@H](C(C)C)C(=O)N(C)[C@@H](CC(C)C)C(=O)N[C@@H](C)C(=O)N[C@H](C)C(=O)N(C)[C@@H](CC(C)C)C(=O)N(C)[C@@H](CC(C)C)C(=O)N(C)[C@@H](C(C)C)C(=O)N1C.c1ccsc1. The third-order valence-electron chi connectivity index (χ3n) is 16.5. The van der Waals surface area contributed by atoms with Gasteiger partial charge in [0.1, 0.15) is 60.4 Å². The summed E-state index contributed by atoms with van der Waals surface area (Å²) in [6.07, 6.45) is 3.04. The number of carbonyl (C=O) groups is 11. The summed E-state index contributed by atoms with van der Waals surface area (Å²) >= 11 is 1.71. The third-order valence-corrected chi connectivity index (χ3v) is 17.1. The Labute approximate surface area is 542 Å². The van der Waals surface area contributed by atoms with Gasteiger partial charge in [-0.3, -0.25) is 52.7 Å². The smallest absolute Gasteiger partial charge is 0.246 e. The molecular formula is C66H115N11O12S. The van der Waals surface area contributed by atoms with Crippen molar-refractivity contribution >= 4 is 76.3 Å². The van der Waals surface area contributed by atoms with Gasteiger partial charge in [0.25, 0.3) is 0 Å². The molecule has 1 aromatic rings. The lowest BCUT2D eigenvalue weighted by Gasteiger charge is -2.41. The topological polar surface area (TPSA) is 279 Å². The monoisotopic (exact) mass is 1290 g/mol. The van der Waals surface area contributed by atoms with E-state index >= 15 is 9.59 Å². The molecule has 1 aliphatic heterocycles. The number of nitrogens with zero attached hydrogens (tertiary/aromatic N) is 7. The summed E-state index contributed by atoms with van der Waals surface area (Å²) in [5.41, 5.74) is 0. The summed E-state index contributed by atoms with van der Waals surface area (Å²) in [7, 11) is 9.92. The average Bonchev–Trinajstić information content (AvgIpc) is 1.12. The second-order valence-corrected chi connectivity index (χ2v) is 27.7. The maximum absolute atomic E-state index is 15.1. The number of aliphatic hydroxyl groups excluding tert-OH is 1. The molecule has 0 bridgehead atoms. The highest BCUT2D eigenvalue weighted by Crippen LogP contribution is 2.26. The largest absolute Gasteiger partial charge is 0.390 e. The number of rotatable bonds is 15. The first kappa shape index (κ1) is 81.6. The van der Waals surface area contributed by atoms with Crippen LogP contribution in [0.4, 0.5) is 0 Å². The molecule has 1 aromatic heterocycles. The predicted octanol–water partition coefficient (Wildman–Crippen LogP) is 5.02. The highest BCUT2D eigenvalue weighted by molar-refractivity contribution is 7.07. The van der Waals surface area contributed by atoms with Crippen molar-refractivity contribution in [2.75, 3.05) is 55.9 Å². The van der Waals surface area contributed by atoms with Crippen molar-refractivity contribution in [3.05, 3.63) is 35.0 Å². The molecule has 0 aliphatic carbocycles. The minimum Gasteiger partial charge on any atom is -0.390 e. The van der Waals surface area contributed by atoms with Crippen LogP contribution >= 0.6 is 11.3 Å². The quantitative estimate of drug-likeness (QED) is 0.145. The number of hydrogen-bond donors (Lipinski definition) is 5. The zero-order valence-electron chi connectivity index (χ0n) is 58.8. The van der Waals surface area contributed by atoms with E-state index in [0.29, 0.717) is 6.42 Å². The molecule has 1 aliphatic rings. The lowest BCUT2D eigenvalue weighted by molar-refractivity contribution is -0.157. The molecule has 5 N–H and O–H groups in total. The van der Waals surface area contributed by atoms with Gasteiger partial charge in [-0.1, -0.05) is 121 Å². The molecule has 0 saturated carbocycles. The molecule has 24 heteroatoms. The van der Waals surface area contributed by atoms with Crippen LogP contribution in [-0.4, -0.2) is 227 Å². The number of likely N-dealkylation sites (N-methyl/N-ethyl adjacent to an activating group) is 7. The van der Waals surface area contributed by atoms with Crippen molar-refractivity contribution in [3.8, 4) is 0 Å². The summed E-state index contributed by atoms with van der Waals surface area (Å²) in [6, 6.07) is -8.29. The van der Waals surface area contributed by atoms with Gasteiger partial charge >= 0.3 is 0 Å². The molecule has 0 radical (unpaired) electrons. The molecule has 0 aromatic carbocycles. The maximum atomic E-state index is 15.1. The van der Waals surface area contributed by atoms with Gasteiger partial charge in [0.05, 0.1) is 12.6 Å². The van der Waals surface area contributed by atoms with Crippen LogP contribution < -0.4 is 21.3 Å². The second-order valence-electron chi connectivity index (χ2n) is 26.9. The number of aliphatic hydroxyl groups is 1. The summed E-state index contributed by atoms with van der Waals surface area (Å²) in [5, 5.41) is 27.1. The lowest BCUT2D eigenvalue weighted by Crippen LogP contribution is -2.63. The minimum atomic E-state index is -1.61. The molecule has 512 valence electrons. The van der Waals surface area contributed by atoms with Crippen LogP contribution in [0, 0.1) is 41.4 Å². The van der Waals surface area contributed by atoms with Crippen molar-refractivity contribution < 1.29 is 57.8 Å². The number of allylic oxidation sites excluding steroid dienone is 2. The standard InChI is InChI=1S/C62H111N11O12.C4H4S/c1-25-27-28-40(15)52(75)51-56(79)65-43(26-2)58(81)67(18)33-48(74)68(19)44(29-34(3)4)55(78)66-49(38(11)12)61(84)69(20)45(30-35(5)6)54(77)63-41(16)53(76)64-42(17)57(80)70(21)46(31-36(7)8)59(82)71(22)47(32-37(9)10)60(83)72(23)50(39(13)14)62(85)73(51)24;1-2-4-5-3-1/h25,27,34-47,49-52,75H,26,28-33H2,1-24H3,(H,63,77)(H,64,76)(H,65,79)(H,66,78);1-4H/b27-25+;/t40-,41+,42-,43+,44+,45+,46+,47+,49+,50+,51+,52-;/m1./s1. The van der Waals surface area contributed by atoms with Crippen molar-refractivity contribution in [1.29, 1.82) is 0 Å². The predicted molar refractivity (Wildman–Crippen MR) is 353 cm³/mol. The van der Waals surface area contributed by atoms with Gasteiger partial charge < -0.3 is 60.7 Å². The van der Waals surface area contributed by atoms with E-state index in [1.165, 1.54) is 87.7 Å². The van der Waals surface area contributed by atoms with Crippen LogP contribution in [0.2, 0.25) is 0 Å². The van der Waals surface area contributed by atoms with E-state index < -0.39 is 156 Å². The molecule has 1 fully saturated rings. The minimum absolute atomic E-state index is 0.0229. The van der Waals surface area contributed by atoms with Crippen LogP contribution in [0.1, 0.15) is 156 Å². The van der Waals surface area contributed by atoms with Crippen molar-refractivity contribution in [2.24, 2.45) is 41.4 Å². The van der Waals surface area contributed by atoms with Gasteiger partial charge in [0, 0.05) is 49.3 Å². The fraction of sp³-hybridized carbons (Fsp3) is 0.742. The number of carbonyl (C=O) groups excluding carboxylic acids is 11. The van der Waals surface area contributed by atoms with Crippen LogP contribution in [0.25, 0.3) is 0 Å². The highest BCUT2D eigenvalue weighted by Gasteiger charge is 2.45. The molecule has 23 nitrogen and oxygen atoms in total. The van der Waals surface area contributed by atoms with Gasteiger partial charge in [0.2, 0.25) is 65.0 Å². The Morgan fingerprint density at radius 1 is 0.489 bits per heavy atom. The second kappa shape index (κ2) is 38.4. The Kier molecular flexibility index (Phi) is 34.8. The van der Waals surface area contributed by atoms with E-state index in [9.17, 15) is 48.3 Å². The molecule has 90 heavy (non-hydrogen) atoms. The Bertz CT molecular complexity index is 2520. The first-order valence-electron chi connectivity index (χ1n) is 32.0. The van der Waals surface area contributed by atoms with E-state index in [-0.39, 0.29) is 55.8 Å². The molecule has 2 rings (SSSR count). The number of hydrogen-bond acceptors (Lipinski definition) is 13. The summed E-state index contributed by atoms with van der Waals surface area (Å²) in [4.78, 5) is 169. The lowest BCUT2D eigenvalue weighted by atomic mass is 9.91. The zero-order valence-corrected chi connectivity index (χ0v) is 59.6. The Morgan fingerprint density at radius 3 is 1.34 bits per heavy atom. The van der Waals surface area contributed by atoms with E-state index in [1.807, 2.05) is 84.4 Å². The van der Waals surface area contributed by atoms with E-state index in [4.69, 9.17) is 0 Å². The van der Waals surface area contributed by atoms with Gasteiger partial charge in [-0.05, 0) is 111 Å². The number of nitrogens with one attached hydrogen (secondary N) is 4. The highest BCUT2D eigenvalue weighted by atomic mass is 32.1. The first-order valence-corrected chi connectivity index (χ1v) is 33.0. The van der Waals surface area contributed by atoms with Crippen LogP contribution in [-0.2, 0) is 52.7 Å². The molecule has 12 atom stereocenters.